The Hall–Kier alpha value is -0.610. The van der Waals surface area contributed by atoms with E-state index >= 15 is 0 Å². The fourth-order valence-corrected chi connectivity index (χ4v) is 2.15. The smallest absolute Gasteiger partial charge is 0.183 e. The van der Waals surface area contributed by atoms with E-state index in [2.05, 4.69) is 17.2 Å². The molecule has 3 nitrogen and oxygen atoms in total. The molecule has 1 aromatic heterocycles. The second-order valence-corrected chi connectivity index (χ2v) is 4.43. The van der Waals surface area contributed by atoms with Gasteiger partial charge in [0.1, 0.15) is 0 Å². The van der Waals surface area contributed by atoms with Gasteiger partial charge >= 0.3 is 0 Å². The maximum atomic E-state index is 8.82. The predicted molar refractivity (Wildman–Crippen MR) is 53.8 cm³/mol. The lowest BCUT2D eigenvalue weighted by Gasteiger charge is -2.10. The lowest BCUT2D eigenvalue weighted by atomic mass is 10.2. The van der Waals surface area contributed by atoms with Crippen LogP contribution in [0.5, 0.6) is 0 Å². The van der Waals surface area contributed by atoms with Gasteiger partial charge in [-0.1, -0.05) is 0 Å². The number of rotatable bonds is 4. The van der Waals surface area contributed by atoms with Crippen LogP contribution in [0.25, 0.3) is 0 Å². The standard InChI is InChI=1S/C9H14N2OS/c1-6(7-2-3-7)10-9-11-8(4-12)5-13-9/h5-7,12H,2-4H2,1H3,(H,10,11). The van der Waals surface area contributed by atoms with Crippen molar-refractivity contribution < 1.29 is 5.11 Å². The molecule has 0 saturated heterocycles. The molecule has 0 aromatic carbocycles. The van der Waals surface area contributed by atoms with E-state index in [1.807, 2.05) is 5.38 Å². The second kappa shape index (κ2) is 3.64. The zero-order valence-electron chi connectivity index (χ0n) is 7.66. The monoisotopic (exact) mass is 198 g/mol. The van der Waals surface area contributed by atoms with Crippen LogP contribution >= 0.6 is 11.3 Å². The van der Waals surface area contributed by atoms with Crippen LogP contribution in [0, 0.1) is 5.92 Å². The van der Waals surface area contributed by atoms with Gasteiger partial charge in [-0.15, -0.1) is 11.3 Å². The largest absolute Gasteiger partial charge is 0.390 e. The summed E-state index contributed by atoms with van der Waals surface area (Å²) in [5.74, 6) is 0.835. The maximum absolute atomic E-state index is 8.82. The minimum absolute atomic E-state index is 0.0377. The van der Waals surface area contributed by atoms with Gasteiger partial charge in [0.25, 0.3) is 0 Å². The maximum Gasteiger partial charge on any atom is 0.183 e. The number of nitrogens with zero attached hydrogens (tertiary/aromatic N) is 1. The molecule has 0 aliphatic heterocycles. The zero-order chi connectivity index (χ0) is 9.26. The summed E-state index contributed by atoms with van der Waals surface area (Å²) >= 11 is 1.57. The van der Waals surface area contributed by atoms with Crippen molar-refractivity contribution in [2.45, 2.75) is 32.4 Å². The van der Waals surface area contributed by atoms with E-state index in [9.17, 15) is 0 Å². The van der Waals surface area contributed by atoms with Gasteiger partial charge < -0.3 is 10.4 Å². The SMILES string of the molecule is CC(Nc1nc(CO)cs1)C1CC1. The van der Waals surface area contributed by atoms with Gasteiger partial charge in [-0.3, -0.25) is 0 Å². The summed E-state index contributed by atoms with van der Waals surface area (Å²) in [5, 5.41) is 15.0. The number of anilines is 1. The summed E-state index contributed by atoms with van der Waals surface area (Å²) in [5.41, 5.74) is 0.760. The van der Waals surface area contributed by atoms with Gasteiger partial charge in [-0.05, 0) is 25.7 Å². The van der Waals surface area contributed by atoms with Gasteiger partial charge in [0.15, 0.2) is 5.13 Å². The Kier molecular flexibility index (Phi) is 2.51. The number of thiazole rings is 1. The molecule has 0 radical (unpaired) electrons. The van der Waals surface area contributed by atoms with E-state index in [0.717, 1.165) is 16.7 Å². The molecule has 1 aromatic rings. The molecule has 1 fully saturated rings. The van der Waals surface area contributed by atoms with Crippen molar-refractivity contribution in [2.75, 3.05) is 5.32 Å². The van der Waals surface area contributed by atoms with Crippen LogP contribution in [0.2, 0.25) is 0 Å². The highest BCUT2D eigenvalue weighted by Crippen LogP contribution is 2.34. The van der Waals surface area contributed by atoms with E-state index in [4.69, 9.17) is 5.11 Å². The molecule has 13 heavy (non-hydrogen) atoms. The van der Waals surface area contributed by atoms with E-state index < -0.39 is 0 Å². The number of hydrogen-bond donors (Lipinski definition) is 2. The van der Waals surface area contributed by atoms with Crippen LogP contribution in [0.15, 0.2) is 5.38 Å². The van der Waals surface area contributed by atoms with E-state index in [1.54, 1.807) is 11.3 Å². The van der Waals surface area contributed by atoms with Crippen LogP contribution in [0.3, 0.4) is 0 Å². The van der Waals surface area contributed by atoms with E-state index in [0.29, 0.717) is 6.04 Å². The molecule has 1 heterocycles. The third-order valence-electron chi connectivity index (χ3n) is 2.39. The van der Waals surface area contributed by atoms with E-state index in [-0.39, 0.29) is 6.61 Å². The van der Waals surface area contributed by atoms with Gasteiger partial charge in [-0.25, -0.2) is 4.98 Å². The molecular weight excluding hydrogens is 184 g/mol. The third-order valence-corrected chi connectivity index (χ3v) is 3.22. The first-order valence-corrected chi connectivity index (χ1v) is 5.49. The summed E-state index contributed by atoms with van der Waals surface area (Å²) in [6.07, 6.45) is 2.68. The molecule has 2 N–H and O–H groups in total. The average molecular weight is 198 g/mol. The number of aromatic nitrogens is 1. The summed E-state index contributed by atoms with van der Waals surface area (Å²) in [6.45, 7) is 2.23. The quantitative estimate of drug-likeness (QED) is 0.776. The highest BCUT2D eigenvalue weighted by atomic mass is 32.1. The normalized spacial score (nSPS) is 18.6. The molecule has 0 amide bonds. The molecule has 0 spiro atoms. The Labute approximate surface area is 81.8 Å². The Balaban J connectivity index is 1.92. The Morgan fingerprint density at radius 1 is 1.77 bits per heavy atom. The predicted octanol–water partition coefficient (Wildman–Crippen LogP) is 1.85. The average Bonchev–Trinajstić information content (AvgIpc) is 2.88. The van der Waals surface area contributed by atoms with Gasteiger partial charge in [-0.2, -0.15) is 0 Å². The fourth-order valence-electron chi connectivity index (χ4n) is 1.35. The highest BCUT2D eigenvalue weighted by Gasteiger charge is 2.28. The first kappa shape index (κ1) is 8.97. The minimum atomic E-state index is 0.0377. The summed E-state index contributed by atoms with van der Waals surface area (Å²) in [4.78, 5) is 4.24. The summed E-state index contributed by atoms with van der Waals surface area (Å²) in [7, 11) is 0. The van der Waals surface area contributed by atoms with Crippen molar-refractivity contribution in [3.63, 3.8) is 0 Å². The topological polar surface area (TPSA) is 45.2 Å². The van der Waals surface area contributed by atoms with Crippen molar-refractivity contribution in [3.8, 4) is 0 Å². The van der Waals surface area contributed by atoms with Crippen molar-refractivity contribution in [2.24, 2.45) is 5.92 Å². The van der Waals surface area contributed by atoms with Crippen LogP contribution < -0.4 is 5.32 Å². The van der Waals surface area contributed by atoms with Crippen molar-refractivity contribution in [3.05, 3.63) is 11.1 Å². The first-order chi connectivity index (χ1) is 6.29. The Morgan fingerprint density at radius 2 is 2.54 bits per heavy atom. The van der Waals surface area contributed by atoms with Crippen LogP contribution in [-0.2, 0) is 6.61 Å². The third kappa shape index (κ3) is 2.19. The molecule has 1 saturated carbocycles. The molecule has 1 aliphatic rings. The number of hydrogen-bond acceptors (Lipinski definition) is 4. The van der Waals surface area contributed by atoms with Crippen LogP contribution in [-0.4, -0.2) is 16.1 Å². The van der Waals surface area contributed by atoms with Crippen molar-refractivity contribution in [1.82, 2.24) is 4.98 Å². The lowest BCUT2D eigenvalue weighted by molar-refractivity contribution is 0.278. The van der Waals surface area contributed by atoms with Crippen molar-refractivity contribution >= 4 is 16.5 Å². The number of aliphatic hydroxyl groups is 1. The molecular formula is C9H14N2OS. The summed E-state index contributed by atoms with van der Waals surface area (Å²) in [6, 6.07) is 0.526. The fraction of sp³-hybridized carbons (Fsp3) is 0.667. The highest BCUT2D eigenvalue weighted by molar-refractivity contribution is 7.13. The van der Waals surface area contributed by atoms with Gasteiger partial charge in [0.05, 0.1) is 12.3 Å². The first-order valence-electron chi connectivity index (χ1n) is 4.61. The molecule has 1 unspecified atom stereocenters. The molecule has 4 heteroatoms. The molecule has 72 valence electrons. The van der Waals surface area contributed by atoms with Gasteiger partial charge in [0, 0.05) is 11.4 Å². The van der Waals surface area contributed by atoms with Crippen LogP contribution in [0.1, 0.15) is 25.5 Å². The van der Waals surface area contributed by atoms with E-state index in [1.165, 1.54) is 12.8 Å². The Bertz CT molecular complexity index is 283. The van der Waals surface area contributed by atoms with Crippen molar-refractivity contribution in [1.29, 1.82) is 0 Å². The van der Waals surface area contributed by atoms with Crippen LogP contribution in [0.4, 0.5) is 5.13 Å². The summed E-state index contributed by atoms with van der Waals surface area (Å²) < 4.78 is 0. The molecule has 2 rings (SSSR count). The Morgan fingerprint density at radius 3 is 3.08 bits per heavy atom. The zero-order valence-corrected chi connectivity index (χ0v) is 8.47. The number of nitrogens with one attached hydrogen (secondary N) is 1. The molecule has 1 aliphatic carbocycles. The number of aliphatic hydroxyl groups excluding tert-OH is 1. The lowest BCUT2D eigenvalue weighted by Crippen LogP contribution is -2.16. The van der Waals surface area contributed by atoms with Gasteiger partial charge in [0.2, 0.25) is 0 Å². The molecule has 1 atom stereocenters. The molecule has 0 bridgehead atoms. The second-order valence-electron chi connectivity index (χ2n) is 3.57. The minimum Gasteiger partial charge on any atom is -0.390 e.